The number of hydrogen-bond donors (Lipinski definition) is 1. The minimum absolute atomic E-state index is 0.595. The van der Waals surface area contributed by atoms with Crippen molar-refractivity contribution in [1.82, 2.24) is 4.90 Å². The zero-order valence-corrected chi connectivity index (χ0v) is 6.88. The van der Waals surface area contributed by atoms with E-state index in [-0.39, 0.29) is 0 Å². The third-order valence-electron chi connectivity index (χ3n) is 2.93. The predicted molar refractivity (Wildman–Crippen MR) is 43.1 cm³/mol. The molecule has 0 unspecified atom stereocenters. The molecule has 0 radical (unpaired) electrons. The fourth-order valence-corrected chi connectivity index (χ4v) is 2.15. The second-order valence-corrected chi connectivity index (χ2v) is 3.78. The lowest BCUT2D eigenvalue weighted by Crippen LogP contribution is -2.59. The first-order valence-electron chi connectivity index (χ1n) is 4.35. The van der Waals surface area contributed by atoms with E-state index >= 15 is 0 Å². The Labute approximate surface area is 67.5 Å². The molecule has 2 saturated heterocycles. The highest BCUT2D eigenvalue weighted by Crippen LogP contribution is 2.38. The highest BCUT2D eigenvalue weighted by atomic mass is 16.5. The Balaban J connectivity index is 1.84. The predicted octanol–water partition coefficient (Wildman–Crippen LogP) is 0.0150. The molecular formula is C8H16N2O. The fourth-order valence-electron chi connectivity index (χ4n) is 2.15. The molecule has 3 nitrogen and oxygen atoms in total. The van der Waals surface area contributed by atoms with Crippen LogP contribution < -0.4 is 5.73 Å². The number of rotatable bonds is 1. The Morgan fingerprint density at radius 2 is 1.91 bits per heavy atom. The van der Waals surface area contributed by atoms with Crippen molar-refractivity contribution in [2.75, 3.05) is 33.0 Å². The molecule has 64 valence electrons. The first kappa shape index (κ1) is 7.53. The monoisotopic (exact) mass is 156 g/mol. The SMILES string of the molecule is NCN1CC2(CCOCC2)C1. The van der Waals surface area contributed by atoms with Gasteiger partial charge in [-0.15, -0.1) is 0 Å². The van der Waals surface area contributed by atoms with E-state index in [1.165, 1.54) is 25.9 Å². The Hall–Kier alpha value is -0.120. The molecule has 2 fully saturated rings. The summed E-state index contributed by atoms with van der Waals surface area (Å²) in [4.78, 5) is 2.30. The quantitative estimate of drug-likeness (QED) is 0.581. The number of hydrogen-bond acceptors (Lipinski definition) is 3. The van der Waals surface area contributed by atoms with Crippen LogP contribution in [-0.4, -0.2) is 37.9 Å². The Morgan fingerprint density at radius 1 is 1.27 bits per heavy atom. The summed E-state index contributed by atoms with van der Waals surface area (Å²) in [5.41, 5.74) is 6.11. The molecule has 2 heterocycles. The number of likely N-dealkylation sites (tertiary alicyclic amines) is 1. The van der Waals surface area contributed by atoms with Crippen molar-refractivity contribution in [1.29, 1.82) is 0 Å². The molecule has 0 aromatic heterocycles. The van der Waals surface area contributed by atoms with Crippen LogP contribution >= 0.6 is 0 Å². The van der Waals surface area contributed by atoms with Gasteiger partial charge in [-0.05, 0) is 12.8 Å². The van der Waals surface area contributed by atoms with Gasteiger partial charge in [0.05, 0.1) is 0 Å². The standard InChI is InChI=1S/C8H16N2O/c9-7-10-5-8(6-10)1-3-11-4-2-8/h1-7,9H2. The number of ether oxygens (including phenoxy) is 1. The van der Waals surface area contributed by atoms with E-state index in [1.807, 2.05) is 0 Å². The van der Waals surface area contributed by atoms with Gasteiger partial charge >= 0.3 is 0 Å². The largest absolute Gasteiger partial charge is 0.381 e. The van der Waals surface area contributed by atoms with Crippen LogP contribution in [0.15, 0.2) is 0 Å². The molecule has 0 atom stereocenters. The average Bonchev–Trinajstić information content (AvgIpc) is 2.01. The molecule has 0 bridgehead atoms. The summed E-state index contributed by atoms with van der Waals surface area (Å²) >= 11 is 0. The van der Waals surface area contributed by atoms with Crippen LogP contribution in [0.4, 0.5) is 0 Å². The van der Waals surface area contributed by atoms with Crippen LogP contribution in [0.1, 0.15) is 12.8 Å². The minimum atomic E-state index is 0.595. The van der Waals surface area contributed by atoms with Gasteiger partial charge in [0.25, 0.3) is 0 Å². The zero-order chi connectivity index (χ0) is 7.73. The summed E-state index contributed by atoms with van der Waals surface area (Å²) in [7, 11) is 0. The third-order valence-corrected chi connectivity index (χ3v) is 2.93. The summed E-state index contributed by atoms with van der Waals surface area (Å²) in [6, 6.07) is 0. The molecule has 2 aliphatic heterocycles. The van der Waals surface area contributed by atoms with Gasteiger partial charge in [-0.1, -0.05) is 0 Å². The minimum Gasteiger partial charge on any atom is -0.381 e. The van der Waals surface area contributed by atoms with Gasteiger partial charge in [0.15, 0.2) is 0 Å². The van der Waals surface area contributed by atoms with Gasteiger partial charge in [0.1, 0.15) is 0 Å². The normalized spacial score (nSPS) is 30.3. The molecule has 0 aromatic rings. The van der Waals surface area contributed by atoms with Gasteiger partial charge in [-0.2, -0.15) is 0 Å². The third kappa shape index (κ3) is 1.28. The Bertz CT molecular complexity index is 135. The van der Waals surface area contributed by atoms with Crippen molar-refractivity contribution in [3.63, 3.8) is 0 Å². The lowest BCUT2D eigenvalue weighted by Gasteiger charge is -2.51. The van der Waals surface area contributed by atoms with Crippen LogP contribution in [0.3, 0.4) is 0 Å². The molecule has 0 aliphatic carbocycles. The van der Waals surface area contributed by atoms with Crippen LogP contribution in [0.5, 0.6) is 0 Å². The smallest absolute Gasteiger partial charge is 0.0472 e. The number of nitrogens with two attached hydrogens (primary N) is 1. The molecule has 2 rings (SSSR count). The van der Waals surface area contributed by atoms with E-state index in [0.29, 0.717) is 5.41 Å². The lowest BCUT2D eigenvalue weighted by atomic mass is 9.74. The van der Waals surface area contributed by atoms with Gasteiger partial charge in [0.2, 0.25) is 0 Å². The van der Waals surface area contributed by atoms with Crippen molar-refractivity contribution >= 4 is 0 Å². The summed E-state index contributed by atoms with van der Waals surface area (Å²) in [6.45, 7) is 5.04. The number of nitrogens with zero attached hydrogens (tertiary/aromatic N) is 1. The fraction of sp³-hybridized carbons (Fsp3) is 1.00. The first-order valence-corrected chi connectivity index (χ1v) is 4.35. The van der Waals surface area contributed by atoms with Gasteiger partial charge in [0, 0.05) is 38.4 Å². The molecule has 0 amide bonds. The molecule has 11 heavy (non-hydrogen) atoms. The lowest BCUT2D eigenvalue weighted by molar-refractivity contribution is -0.0793. The molecule has 2 N–H and O–H groups in total. The van der Waals surface area contributed by atoms with Crippen molar-refractivity contribution in [2.45, 2.75) is 12.8 Å². The molecule has 0 saturated carbocycles. The van der Waals surface area contributed by atoms with Crippen LogP contribution in [0.2, 0.25) is 0 Å². The maximum Gasteiger partial charge on any atom is 0.0472 e. The molecule has 1 spiro atoms. The van der Waals surface area contributed by atoms with E-state index in [4.69, 9.17) is 10.5 Å². The molecule has 3 heteroatoms. The second-order valence-electron chi connectivity index (χ2n) is 3.78. The topological polar surface area (TPSA) is 38.5 Å². The highest BCUT2D eigenvalue weighted by Gasteiger charge is 2.42. The molecular weight excluding hydrogens is 140 g/mol. The average molecular weight is 156 g/mol. The van der Waals surface area contributed by atoms with Gasteiger partial charge in [-0.25, -0.2) is 0 Å². The second kappa shape index (κ2) is 2.73. The van der Waals surface area contributed by atoms with Crippen LogP contribution in [0.25, 0.3) is 0 Å². The van der Waals surface area contributed by atoms with E-state index in [2.05, 4.69) is 4.90 Å². The van der Waals surface area contributed by atoms with E-state index in [9.17, 15) is 0 Å². The Morgan fingerprint density at radius 3 is 2.45 bits per heavy atom. The zero-order valence-electron chi connectivity index (χ0n) is 6.88. The first-order chi connectivity index (χ1) is 5.35. The summed E-state index contributed by atoms with van der Waals surface area (Å²) in [6.07, 6.45) is 2.48. The van der Waals surface area contributed by atoms with Crippen molar-refractivity contribution in [3.05, 3.63) is 0 Å². The van der Waals surface area contributed by atoms with Crippen molar-refractivity contribution in [2.24, 2.45) is 11.1 Å². The van der Waals surface area contributed by atoms with E-state index in [1.54, 1.807) is 0 Å². The maximum absolute atomic E-state index is 5.52. The van der Waals surface area contributed by atoms with Crippen LogP contribution in [-0.2, 0) is 4.74 Å². The van der Waals surface area contributed by atoms with Crippen LogP contribution in [0, 0.1) is 5.41 Å². The van der Waals surface area contributed by atoms with E-state index < -0.39 is 0 Å². The molecule has 0 aromatic carbocycles. The van der Waals surface area contributed by atoms with E-state index in [0.717, 1.165) is 19.9 Å². The van der Waals surface area contributed by atoms with Crippen molar-refractivity contribution < 1.29 is 4.74 Å². The summed E-state index contributed by atoms with van der Waals surface area (Å²) in [5, 5.41) is 0. The molecule has 2 aliphatic rings. The maximum atomic E-state index is 5.52. The van der Waals surface area contributed by atoms with Gasteiger partial charge < -0.3 is 10.5 Å². The summed E-state index contributed by atoms with van der Waals surface area (Å²) in [5.74, 6) is 0. The summed E-state index contributed by atoms with van der Waals surface area (Å²) < 4.78 is 5.32. The highest BCUT2D eigenvalue weighted by molar-refractivity contribution is 4.95. The van der Waals surface area contributed by atoms with Crippen molar-refractivity contribution in [3.8, 4) is 0 Å². The van der Waals surface area contributed by atoms with Gasteiger partial charge in [-0.3, -0.25) is 4.90 Å². The Kier molecular flexibility index (Phi) is 1.87.